The van der Waals surface area contributed by atoms with Crippen molar-refractivity contribution in [3.63, 3.8) is 0 Å². The summed E-state index contributed by atoms with van der Waals surface area (Å²) in [6, 6.07) is 7.02. The minimum absolute atomic E-state index is 0.101. The van der Waals surface area contributed by atoms with Crippen molar-refractivity contribution in [2.45, 2.75) is 12.8 Å². The van der Waals surface area contributed by atoms with Crippen molar-refractivity contribution in [2.75, 3.05) is 25.9 Å². The molecule has 19 heavy (non-hydrogen) atoms. The summed E-state index contributed by atoms with van der Waals surface area (Å²) in [4.78, 5) is 22.3. The predicted octanol–water partition coefficient (Wildman–Crippen LogP) is 0.290. The zero-order valence-electron chi connectivity index (χ0n) is 10.9. The molecule has 0 atom stereocenters. The molecule has 0 saturated carbocycles. The Hall–Kier alpha value is -2.24. The van der Waals surface area contributed by atoms with Crippen LogP contribution in [0, 0.1) is 0 Å². The molecule has 4 N–H and O–H groups in total. The number of hydrogen-bond acceptors (Lipinski definition) is 4. The van der Waals surface area contributed by atoms with E-state index in [9.17, 15) is 9.59 Å². The second-order valence-electron chi connectivity index (χ2n) is 3.94. The van der Waals surface area contributed by atoms with Gasteiger partial charge in [0.15, 0.2) is 0 Å². The summed E-state index contributed by atoms with van der Waals surface area (Å²) in [5.41, 5.74) is 6.22. The first kappa shape index (κ1) is 14.8. The third-order valence-corrected chi connectivity index (χ3v) is 2.41. The number of ether oxygens (including phenoxy) is 1. The molecular weight excluding hydrogens is 246 g/mol. The Morgan fingerprint density at radius 2 is 2.05 bits per heavy atom. The molecule has 0 unspecified atom stereocenters. The van der Waals surface area contributed by atoms with Gasteiger partial charge in [0.1, 0.15) is 5.75 Å². The zero-order valence-corrected chi connectivity index (χ0v) is 10.9. The Labute approximate surface area is 112 Å². The number of anilines is 1. The highest BCUT2D eigenvalue weighted by Gasteiger charge is 2.03. The van der Waals surface area contributed by atoms with Gasteiger partial charge in [-0.1, -0.05) is 6.07 Å². The molecule has 0 aliphatic heterocycles. The lowest BCUT2D eigenvalue weighted by Crippen LogP contribution is -2.29. The van der Waals surface area contributed by atoms with Crippen LogP contribution in [0.2, 0.25) is 0 Å². The van der Waals surface area contributed by atoms with E-state index in [0.29, 0.717) is 18.0 Å². The fourth-order valence-corrected chi connectivity index (χ4v) is 1.39. The smallest absolute Gasteiger partial charge is 0.223 e. The van der Waals surface area contributed by atoms with Gasteiger partial charge in [-0.25, -0.2) is 0 Å². The number of nitrogens with one attached hydrogen (secondary N) is 2. The molecule has 0 heterocycles. The van der Waals surface area contributed by atoms with Gasteiger partial charge in [-0.3, -0.25) is 9.59 Å². The van der Waals surface area contributed by atoms with Crippen LogP contribution in [-0.2, 0) is 9.59 Å². The van der Waals surface area contributed by atoms with Crippen LogP contribution in [0.1, 0.15) is 12.8 Å². The molecule has 0 aliphatic rings. The summed E-state index contributed by atoms with van der Waals surface area (Å²) in [5, 5.41) is 5.12. The summed E-state index contributed by atoms with van der Waals surface area (Å²) in [7, 11) is 1.56. The van der Waals surface area contributed by atoms with Crippen LogP contribution in [0.3, 0.4) is 0 Å². The number of rotatable bonds is 7. The number of nitrogen functional groups attached to an aromatic ring is 1. The maximum Gasteiger partial charge on any atom is 0.223 e. The van der Waals surface area contributed by atoms with Crippen molar-refractivity contribution in [1.29, 1.82) is 0 Å². The van der Waals surface area contributed by atoms with Crippen molar-refractivity contribution < 1.29 is 14.3 Å². The summed E-state index contributed by atoms with van der Waals surface area (Å²) in [6.45, 7) is 0.603. The molecule has 0 spiro atoms. The number of carbonyl (C=O) groups excluding carboxylic acids is 2. The molecule has 104 valence electrons. The van der Waals surface area contributed by atoms with Gasteiger partial charge in [-0.05, 0) is 12.1 Å². The highest BCUT2D eigenvalue weighted by molar-refractivity contribution is 5.78. The number of nitrogens with two attached hydrogens (primary N) is 1. The molecule has 0 aliphatic carbocycles. The second kappa shape index (κ2) is 7.97. The molecule has 0 fully saturated rings. The lowest BCUT2D eigenvalue weighted by atomic mass is 10.3. The highest BCUT2D eigenvalue weighted by Crippen LogP contribution is 2.14. The molecular formula is C13H19N3O3. The Morgan fingerprint density at radius 3 is 2.74 bits per heavy atom. The van der Waals surface area contributed by atoms with E-state index in [0.717, 1.165) is 0 Å². The molecule has 0 saturated heterocycles. The first-order valence-corrected chi connectivity index (χ1v) is 6.07. The fraction of sp³-hybridized carbons (Fsp3) is 0.385. The van der Waals surface area contributed by atoms with Crippen LogP contribution in [0.4, 0.5) is 5.69 Å². The third kappa shape index (κ3) is 6.30. The lowest BCUT2D eigenvalue weighted by molar-refractivity contribution is -0.122. The van der Waals surface area contributed by atoms with E-state index < -0.39 is 0 Å². The SMILES string of the molecule is CNC(=O)CCNC(=O)CCOc1cccc(N)c1. The van der Waals surface area contributed by atoms with Gasteiger partial charge >= 0.3 is 0 Å². The van der Waals surface area contributed by atoms with E-state index in [4.69, 9.17) is 10.5 Å². The second-order valence-corrected chi connectivity index (χ2v) is 3.94. The van der Waals surface area contributed by atoms with Gasteiger partial charge in [-0.15, -0.1) is 0 Å². The highest BCUT2D eigenvalue weighted by atomic mass is 16.5. The van der Waals surface area contributed by atoms with E-state index in [-0.39, 0.29) is 31.3 Å². The summed E-state index contributed by atoms with van der Waals surface area (Å²) in [5.74, 6) is 0.391. The summed E-state index contributed by atoms with van der Waals surface area (Å²) < 4.78 is 5.39. The maximum absolute atomic E-state index is 11.4. The third-order valence-electron chi connectivity index (χ3n) is 2.41. The Kier molecular flexibility index (Phi) is 6.21. The summed E-state index contributed by atoms with van der Waals surface area (Å²) in [6.07, 6.45) is 0.515. The largest absolute Gasteiger partial charge is 0.493 e. The van der Waals surface area contributed by atoms with Gasteiger partial charge in [0.05, 0.1) is 13.0 Å². The Bertz CT molecular complexity index is 435. The lowest BCUT2D eigenvalue weighted by Gasteiger charge is -2.07. The predicted molar refractivity (Wildman–Crippen MR) is 72.7 cm³/mol. The van der Waals surface area contributed by atoms with Gasteiger partial charge in [-0.2, -0.15) is 0 Å². The van der Waals surface area contributed by atoms with Gasteiger partial charge in [0, 0.05) is 31.8 Å². The average Bonchev–Trinajstić information content (AvgIpc) is 2.38. The molecule has 0 radical (unpaired) electrons. The monoisotopic (exact) mass is 265 g/mol. The molecule has 1 aromatic rings. The minimum atomic E-state index is -0.146. The van der Waals surface area contributed by atoms with Crippen molar-refractivity contribution in [2.24, 2.45) is 0 Å². The van der Waals surface area contributed by atoms with Crippen LogP contribution in [-0.4, -0.2) is 32.0 Å². The molecule has 6 nitrogen and oxygen atoms in total. The number of amides is 2. The van der Waals surface area contributed by atoms with Crippen molar-refractivity contribution in [3.05, 3.63) is 24.3 Å². The average molecular weight is 265 g/mol. The zero-order chi connectivity index (χ0) is 14.1. The van der Waals surface area contributed by atoms with E-state index >= 15 is 0 Å². The summed E-state index contributed by atoms with van der Waals surface area (Å²) >= 11 is 0. The molecule has 0 bridgehead atoms. The van der Waals surface area contributed by atoms with Crippen LogP contribution >= 0.6 is 0 Å². The number of benzene rings is 1. The first-order valence-electron chi connectivity index (χ1n) is 6.07. The van der Waals surface area contributed by atoms with Gasteiger partial charge in [0.25, 0.3) is 0 Å². The van der Waals surface area contributed by atoms with E-state index in [1.807, 2.05) is 0 Å². The fourth-order valence-electron chi connectivity index (χ4n) is 1.39. The molecule has 1 aromatic carbocycles. The number of hydrogen-bond donors (Lipinski definition) is 3. The molecule has 6 heteroatoms. The Morgan fingerprint density at radius 1 is 1.26 bits per heavy atom. The van der Waals surface area contributed by atoms with Crippen molar-refractivity contribution in [1.82, 2.24) is 10.6 Å². The topological polar surface area (TPSA) is 93.5 Å². The van der Waals surface area contributed by atoms with E-state index in [2.05, 4.69) is 10.6 Å². The van der Waals surface area contributed by atoms with Gasteiger partial charge < -0.3 is 21.1 Å². The Balaban J connectivity index is 2.15. The standard InChI is InChI=1S/C13H19N3O3/c1-15-12(17)5-7-16-13(18)6-8-19-11-4-2-3-10(14)9-11/h2-4,9H,5-8,14H2,1H3,(H,15,17)(H,16,18). The van der Waals surface area contributed by atoms with Crippen molar-refractivity contribution in [3.8, 4) is 5.75 Å². The minimum Gasteiger partial charge on any atom is -0.493 e. The quantitative estimate of drug-likeness (QED) is 0.618. The molecule has 0 aromatic heterocycles. The van der Waals surface area contributed by atoms with Crippen molar-refractivity contribution >= 4 is 17.5 Å². The van der Waals surface area contributed by atoms with Gasteiger partial charge in [0.2, 0.25) is 11.8 Å². The number of carbonyl (C=O) groups is 2. The normalized spacial score (nSPS) is 9.74. The molecule has 2 amide bonds. The maximum atomic E-state index is 11.4. The van der Waals surface area contributed by atoms with E-state index in [1.54, 1.807) is 31.3 Å². The van der Waals surface area contributed by atoms with E-state index in [1.165, 1.54) is 0 Å². The van der Waals surface area contributed by atoms with Crippen LogP contribution in [0.5, 0.6) is 5.75 Å². The van der Waals surface area contributed by atoms with Crippen LogP contribution in [0.25, 0.3) is 0 Å². The first-order chi connectivity index (χ1) is 9.11. The molecule has 1 rings (SSSR count). The van der Waals surface area contributed by atoms with Crippen LogP contribution in [0.15, 0.2) is 24.3 Å². The van der Waals surface area contributed by atoms with Crippen LogP contribution < -0.4 is 21.1 Å².